The van der Waals surface area contributed by atoms with Gasteiger partial charge in [-0.2, -0.15) is 12.8 Å². The molecule has 3 heterocycles. The van der Waals surface area contributed by atoms with Gasteiger partial charge < -0.3 is 25.8 Å². The molecular formula is C17H23N6O7S-. The molecule has 1 aliphatic heterocycles. The summed E-state index contributed by atoms with van der Waals surface area (Å²) in [5, 5.41) is 32.8. The van der Waals surface area contributed by atoms with Crippen LogP contribution in [-0.4, -0.2) is 69.0 Å². The van der Waals surface area contributed by atoms with Crippen molar-refractivity contribution in [2.24, 2.45) is 10.3 Å². The Balaban J connectivity index is 1.44. The molecule has 0 radical (unpaired) electrons. The molecule has 0 spiro atoms. The van der Waals surface area contributed by atoms with Crippen LogP contribution in [0.4, 0.5) is 5.82 Å². The third-order valence-corrected chi connectivity index (χ3v) is 6.37. The molecule has 1 saturated carbocycles. The van der Waals surface area contributed by atoms with Gasteiger partial charge in [-0.05, 0) is 24.7 Å². The van der Waals surface area contributed by atoms with Crippen LogP contribution >= 0.6 is 0 Å². The van der Waals surface area contributed by atoms with Crippen LogP contribution < -0.4 is 10.8 Å². The molecule has 2 aromatic rings. The number of aliphatic hydroxyl groups is 2. The second kappa shape index (κ2) is 8.63. The molecule has 4 atom stereocenters. The molecule has 31 heavy (non-hydrogen) atoms. The van der Waals surface area contributed by atoms with Gasteiger partial charge in [-0.25, -0.2) is 19.1 Å². The summed E-state index contributed by atoms with van der Waals surface area (Å²) in [4.78, 5) is 11.9. The minimum absolute atomic E-state index is 0.131. The minimum atomic E-state index is -4.52. The SMILES string of the molecule is Nc1ncnc2c1ncn2C1OC(COS(=O)(=O)/N=C(\[O-])C2CCCCC2)[C@@H](O)[C@H]1O. The van der Waals surface area contributed by atoms with Crippen LogP contribution in [0.1, 0.15) is 38.3 Å². The first kappa shape index (κ1) is 21.8. The van der Waals surface area contributed by atoms with Gasteiger partial charge >= 0.3 is 10.3 Å². The Morgan fingerprint density at radius 3 is 2.74 bits per heavy atom. The summed E-state index contributed by atoms with van der Waals surface area (Å²) in [5.74, 6) is -1.02. The Bertz CT molecular complexity index is 1070. The summed E-state index contributed by atoms with van der Waals surface area (Å²) in [5.41, 5.74) is 6.30. The molecule has 1 saturated heterocycles. The summed E-state index contributed by atoms with van der Waals surface area (Å²) in [7, 11) is -4.52. The molecule has 2 unspecified atom stereocenters. The normalized spacial score (nSPS) is 28.4. The van der Waals surface area contributed by atoms with Gasteiger partial charge in [-0.3, -0.25) is 4.57 Å². The van der Waals surface area contributed by atoms with Crippen LogP contribution in [-0.2, 0) is 19.2 Å². The van der Waals surface area contributed by atoms with Crippen molar-refractivity contribution >= 4 is 33.2 Å². The van der Waals surface area contributed by atoms with E-state index in [4.69, 9.17) is 14.7 Å². The van der Waals surface area contributed by atoms with Crippen molar-refractivity contribution in [3.05, 3.63) is 12.7 Å². The van der Waals surface area contributed by atoms with E-state index in [2.05, 4.69) is 19.3 Å². The van der Waals surface area contributed by atoms with E-state index in [1.54, 1.807) is 0 Å². The summed E-state index contributed by atoms with van der Waals surface area (Å²) >= 11 is 0. The third kappa shape index (κ3) is 4.48. The molecule has 0 aromatic carbocycles. The van der Waals surface area contributed by atoms with Crippen LogP contribution in [0.25, 0.3) is 11.2 Å². The Labute approximate surface area is 177 Å². The third-order valence-electron chi connectivity index (χ3n) is 5.54. The van der Waals surface area contributed by atoms with Crippen molar-refractivity contribution in [1.82, 2.24) is 19.5 Å². The summed E-state index contributed by atoms with van der Waals surface area (Å²) in [6, 6.07) is 0. The number of aliphatic hydroxyl groups excluding tert-OH is 2. The highest BCUT2D eigenvalue weighted by Crippen LogP contribution is 2.32. The van der Waals surface area contributed by atoms with Gasteiger partial charge in [0.15, 0.2) is 17.7 Å². The Morgan fingerprint density at radius 1 is 1.26 bits per heavy atom. The Kier molecular flexibility index (Phi) is 6.07. The first-order valence-corrected chi connectivity index (χ1v) is 11.2. The fourth-order valence-electron chi connectivity index (χ4n) is 3.87. The van der Waals surface area contributed by atoms with E-state index >= 15 is 0 Å². The highest BCUT2D eigenvalue weighted by atomic mass is 32.2. The van der Waals surface area contributed by atoms with E-state index in [1.807, 2.05) is 0 Å². The van der Waals surface area contributed by atoms with Crippen molar-refractivity contribution in [2.45, 2.75) is 56.6 Å². The predicted octanol–water partition coefficient (Wildman–Crippen LogP) is -1.37. The zero-order valence-electron chi connectivity index (χ0n) is 16.4. The number of hydrogen-bond donors (Lipinski definition) is 3. The molecule has 14 heteroatoms. The topological polar surface area (TPSA) is 198 Å². The van der Waals surface area contributed by atoms with E-state index in [9.17, 15) is 23.7 Å². The van der Waals surface area contributed by atoms with Gasteiger partial charge in [0.05, 0.1) is 12.9 Å². The second-order valence-electron chi connectivity index (χ2n) is 7.61. The number of aromatic nitrogens is 4. The minimum Gasteiger partial charge on any atom is -0.861 e. The van der Waals surface area contributed by atoms with Gasteiger partial charge in [0.25, 0.3) is 0 Å². The molecule has 4 N–H and O–H groups in total. The number of anilines is 1. The van der Waals surface area contributed by atoms with E-state index in [1.165, 1.54) is 17.2 Å². The van der Waals surface area contributed by atoms with Gasteiger partial charge in [-0.1, -0.05) is 19.3 Å². The van der Waals surface area contributed by atoms with Gasteiger partial charge in [0.2, 0.25) is 0 Å². The zero-order valence-corrected chi connectivity index (χ0v) is 17.3. The lowest BCUT2D eigenvalue weighted by atomic mass is 9.89. The van der Waals surface area contributed by atoms with Crippen molar-refractivity contribution in [3.8, 4) is 0 Å². The number of ether oxygens (including phenoxy) is 1. The average molecular weight is 455 g/mol. The summed E-state index contributed by atoms with van der Waals surface area (Å²) in [6.07, 6.45) is 1.24. The molecule has 13 nitrogen and oxygen atoms in total. The number of nitrogens with two attached hydrogens (primary N) is 1. The number of hydrogen-bond acceptors (Lipinski definition) is 11. The molecule has 1 aliphatic carbocycles. The van der Waals surface area contributed by atoms with E-state index in [-0.39, 0.29) is 17.0 Å². The largest absolute Gasteiger partial charge is 0.861 e. The maximum Gasteiger partial charge on any atom is 0.380 e. The number of nitrogens with zero attached hydrogens (tertiary/aromatic N) is 5. The van der Waals surface area contributed by atoms with Gasteiger partial charge in [-0.15, -0.1) is 0 Å². The van der Waals surface area contributed by atoms with Crippen LogP contribution in [0.15, 0.2) is 17.1 Å². The monoisotopic (exact) mass is 455 g/mol. The van der Waals surface area contributed by atoms with Gasteiger partial charge in [0.1, 0.15) is 30.2 Å². The molecule has 0 amide bonds. The molecule has 4 rings (SSSR count). The summed E-state index contributed by atoms with van der Waals surface area (Å²) < 4.78 is 39.2. The van der Waals surface area contributed by atoms with E-state index < -0.39 is 53.3 Å². The van der Waals surface area contributed by atoms with E-state index in [0.29, 0.717) is 12.8 Å². The first-order chi connectivity index (χ1) is 14.8. The molecule has 2 aliphatic rings. The average Bonchev–Trinajstić information content (AvgIpc) is 3.29. The van der Waals surface area contributed by atoms with E-state index in [0.717, 1.165) is 19.3 Å². The van der Waals surface area contributed by atoms with Crippen LogP contribution in [0.2, 0.25) is 0 Å². The van der Waals surface area contributed by atoms with Crippen LogP contribution in [0.3, 0.4) is 0 Å². The highest BCUT2D eigenvalue weighted by molar-refractivity contribution is 7.85. The fourth-order valence-corrected chi connectivity index (χ4v) is 4.59. The fraction of sp³-hybridized carbons (Fsp3) is 0.647. The van der Waals surface area contributed by atoms with Gasteiger partial charge in [0, 0.05) is 0 Å². The number of imidazole rings is 1. The predicted molar refractivity (Wildman–Crippen MR) is 105 cm³/mol. The number of rotatable bonds is 6. The molecule has 2 aromatic heterocycles. The zero-order chi connectivity index (χ0) is 22.2. The summed E-state index contributed by atoms with van der Waals surface area (Å²) in [6.45, 7) is -0.637. The molecule has 2 fully saturated rings. The lowest BCUT2D eigenvalue weighted by Crippen LogP contribution is -2.35. The lowest BCUT2D eigenvalue weighted by Gasteiger charge is -2.26. The quantitative estimate of drug-likeness (QED) is 0.343. The van der Waals surface area contributed by atoms with Crippen molar-refractivity contribution in [2.75, 3.05) is 12.3 Å². The Morgan fingerprint density at radius 2 is 2.00 bits per heavy atom. The molecular weight excluding hydrogens is 432 g/mol. The number of nitrogen functional groups attached to an aromatic ring is 1. The lowest BCUT2D eigenvalue weighted by molar-refractivity contribution is -0.224. The first-order valence-electron chi connectivity index (χ1n) is 9.87. The van der Waals surface area contributed by atoms with Crippen molar-refractivity contribution < 1.29 is 32.7 Å². The highest BCUT2D eigenvalue weighted by Gasteiger charge is 2.45. The standard InChI is InChI=1S/C17H24N6O7S/c18-14-11-15(20-7-19-14)23(8-21-11)17-13(25)12(24)10(30-17)6-29-31(27,28)22-16(26)9-4-2-1-3-5-9/h7-10,12-13,17,24-25H,1-6H2,(H,22,26)(H2,18,19,20)/p-1/t10?,12-,13-,17?/m1/s1. The number of fused-ring (bicyclic) bond motifs is 1. The van der Waals surface area contributed by atoms with Crippen molar-refractivity contribution in [1.29, 1.82) is 0 Å². The molecule has 0 bridgehead atoms. The van der Waals surface area contributed by atoms with Crippen LogP contribution in [0, 0.1) is 5.92 Å². The molecule has 170 valence electrons. The maximum absolute atomic E-state index is 12.1. The maximum atomic E-state index is 12.1. The van der Waals surface area contributed by atoms with Crippen molar-refractivity contribution in [3.63, 3.8) is 0 Å². The Hall–Kier alpha value is -2.39. The van der Waals surface area contributed by atoms with Crippen LogP contribution in [0.5, 0.6) is 0 Å². The smallest absolute Gasteiger partial charge is 0.380 e. The second-order valence-corrected chi connectivity index (χ2v) is 8.88.